The minimum absolute atomic E-state index is 0.0127. The highest BCUT2D eigenvalue weighted by atomic mass is 32.2. The lowest BCUT2D eigenvalue weighted by Gasteiger charge is -2.03. The maximum Gasteiger partial charge on any atom is 0.341 e. The van der Waals surface area contributed by atoms with Gasteiger partial charge in [0.1, 0.15) is 11.3 Å². The SMILES string of the molecule is COC(=O)c1cc(N=C2NC(=O)/C(=C/c3ccccc3)S2)ccc1O. The summed E-state index contributed by atoms with van der Waals surface area (Å²) in [5.74, 6) is -1.09. The van der Waals surface area contributed by atoms with Crippen LogP contribution < -0.4 is 5.32 Å². The molecule has 0 atom stereocenters. The molecule has 7 heteroatoms. The number of nitrogens with one attached hydrogen (secondary N) is 1. The number of esters is 1. The second kappa shape index (κ2) is 7.23. The van der Waals surface area contributed by atoms with Gasteiger partial charge in [-0.3, -0.25) is 4.79 Å². The summed E-state index contributed by atoms with van der Waals surface area (Å²) in [5.41, 5.74) is 1.35. The van der Waals surface area contributed by atoms with Crippen LogP contribution in [0.15, 0.2) is 58.4 Å². The van der Waals surface area contributed by atoms with Crippen molar-refractivity contribution in [3.8, 4) is 5.75 Å². The fourth-order valence-electron chi connectivity index (χ4n) is 2.17. The van der Waals surface area contributed by atoms with Gasteiger partial charge in [0.2, 0.25) is 0 Å². The lowest BCUT2D eigenvalue weighted by atomic mass is 10.2. The molecule has 0 radical (unpaired) electrons. The number of carbonyl (C=O) groups excluding carboxylic acids is 2. The summed E-state index contributed by atoms with van der Waals surface area (Å²) in [6.45, 7) is 0. The minimum Gasteiger partial charge on any atom is -0.507 e. The number of amidine groups is 1. The van der Waals surface area contributed by atoms with Gasteiger partial charge in [-0.1, -0.05) is 30.3 Å². The highest BCUT2D eigenvalue weighted by Crippen LogP contribution is 2.29. The Bertz CT molecular complexity index is 891. The zero-order valence-electron chi connectivity index (χ0n) is 13.2. The van der Waals surface area contributed by atoms with Gasteiger partial charge in [0.05, 0.1) is 17.7 Å². The number of carbonyl (C=O) groups is 2. The van der Waals surface area contributed by atoms with Crippen LogP contribution in [0.5, 0.6) is 5.75 Å². The zero-order chi connectivity index (χ0) is 17.8. The molecular formula is C18H14N2O4S. The van der Waals surface area contributed by atoms with Crippen molar-refractivity contribution >= 4 is 40.6 Å². The van der Waals surface area contributed by atoms with Crippen LogP contribution in [-0.4, -0.2) is 29.3 Å². The van der Waals surface area contributed by atoms with E-state index in [1.54, 1.807) is 12.1 Å². The molecule has 0 spiro atoms. The van der Waals surface area contributed by atoms with E-state index in [9.17, 15) is 14.7 Å². The van der Waals surface area contributed by atoms with Crippen LogP contribution in [0.25, 0.3) is 6.08 Å². The van der Waals surface area contributed by atoms with Gasteiger partial charge in [-0.05, 0) is 41.6 Å². The van der Waals surface area contributed by atoms with Crippen molar-refractivity contribution in [1.29, 1.82) is 0 Å². The van der Waals surface area contributed by atoms with E-state index >= 15 is 0 Å². The highest BCUT2D eigenvalue weighted by molar-refractivity contribution is 8.18. The average molecular weight is 354 g/mol. The van der Waals surface area contributed by atoms with Crippen LogP contribution in [0.1, 0.15) is 15.9 Å². The van der Waals surface area contributed by atoms with Crippen LogP contribution in [-0.2, 0) is 9.53 Å². The van der Waals surface area contributed by atoms with Crippen LogP contribution in [0.2, 0.25) is 0 Å². The number of methoxy groups -OCH3 is 1. The van der Waals surface area contributed by atoms with Gasteiger partial charge in [0.15, 0.2) is 5.17 Å². The van der Waals surface area contributed by atoms with Crippen LogP contribution in [0.4, 0.5) is 5.69 Å². The number of amides is 1. The molecule has 1 amide bonds. The zero-order valence-corrected chi connectivity index (χ0v) is 14.0. The summed E-state index contributed by atoms with van der Waals surface area (Å²) in [4.78, 5) is 28.5. The maximum absolute atomic E-state index is 12.1. The summed E-state index contributed by atoms with van der Waals surface area (Å²) in [7, 11) is 1.23. The van der Waals surface area contributed by atoms with E-state index in [-0.39, 0.29) is 17.2 Å². The Morgan fingerprint density at radius 1 is 1.24 bits per heavy atom. The first-order chi connectivity index (χ1) is 12.1. The second-order valence-corrected chi connectivity index (χ2v) is 6.12. The fraction of sp³-hybridized carbons (Fsp3) is 0.0556. The van der Waals surface area contributed by atoms with E-state index in [0.29, 0.717) is 15.8 Å². The number of phenols is 1. The average Bonchev–Trinajstić information content (AvgIpc) is 2.96. The third-order valence-electron chi connectivity index (χ3n) is 3.36. The Balaban J connectivity index is 1.85. The molecular weight excluding hydrogens is 340 g/mol. The van der Waals surface area contributed by atoms with E-state index in [1.807, 2.05) is 30.3 Å². The molecule has 1 heterocycles. The number of benzene rings is 2. The molecule has 0 aromatic heterocycles. The van der Waals surface area contributed by atoms with Gasteiger partial charge in [-0.2, -0.15) is 0 Å². The maximum atomic E-state index is 12.1. The van der Waals surface area contributed by atoms with E-state index in [0.717, 1.165) is 5.56 Å². The minimum atomic E-state index is -0.660. The molecule has 126 valence electrons. The molecule has 2 aromatic carbocycles. The Hall–Kier alpha value is -3.06. The number of ether oxygens (including phenoxy) is 1. The standard InChI is InChI=1S/C18H14N2O4S/c1-24-17(23)13-10-12(7-8-14(13)21)19-18-20-16(22)15(25-18)9-11-5-3-2-4-6-11/h2-10,21H,1H3,(H,19,20,22)/b15-9-. The number of hydrogen-bond acceptors (Lipinski definition) is 6. The molecule has 3 rings (SSSR count). The van der Waals surface area contributed by atoms with Gasteiger partial charge < -0.3 is 15.2 Å². The molecule has 1 aliphatic heterocycles. The number of rotatable bonds is 3. The summed E-state index contributed by atoms with van der Waals surface area (Å²) >= 11 is 1.20. The Kier molecular flexibility index (Phi) is 4.85. The van der Waals surface area contributed by atoms with E-state index in [1.165, 1.54) is 31.0 Å². The first-order valence-corrected chi connectivity index (χ1v) is 8.14. The molecule has 0 unspecified atom stereocenters. The predicted molar refractivity (Wildman–Crippen MR) is 96.7 cm³/mol. The van der Waals surface area contributed by atoms with Crippen molar-refractivity contribution in [3.05, 3.63) is 64.6 Å². The monoisotopic (exact) mass is 354 g/mol. The summed E-state index contributed by atoms with van der Waals surface area (Å²) < 4.78 is 4.61. The topological polar surface area (TPSA) is 88.0 Å². The van der Waals surface area contributed by atoms with Crippen molar-refractivity contribution in [1.82, 2.24) is 5.32 Å². The molecule has 0 bridgehead atoms. The van der Waals surface area contributed by atoms with Crippen LogP contribution in [0, 0.1) is 0 Å². The van der Waals surface area contributed by atoms with Gasteiger partial charge in [-0.15, -0.1) is 0 Å². The summed E-state index contributed by atoms with van der Waals surface area (Å²) in [6.07, 6.45) is 1.78. The molecule has 2 aromatic rings. The number of aliphatic imine (C=N–C) groups is 1. The summed E-state index contributed by atoms with van der Waals surface area (Å²) in [6, 6.07) is 13.8. The van der Waals surface area contributed by atoms with Crippen molar-refractivity contribution in [2.24, 2.45) is 4.99 Å². The predicted octanol–water partition coefficient (Wildman–Crippen LogP) is 3.07. The third kappa shape index (κ3) is 3.89. The van der Waals surface area contributed by atoms with E-state index < -0.39 is 5.97 Å². The van der Waals surface area contributed by atoms with Gasteiger partial charge in [0, 0.05) is 0 Å². The molecule has 1 aliphatic rings. The first-order valence-electron chi connectivity index (χ1n) is 7.33. The highest BCUT2D eigenvalue weighted by Gasteiger charge is 2.24. The Labute approximate surface area is 148 Å². The quantitative estimate of drug-likeness (QED) is 0.653. The lowest BCUT2D eigenvalue weighted by molar-refractivity contribution is -0.115. The van der Waals surface area contributed by atoms with Crippen molar-refractivity contribution in [2.75, 3.05) is 7.11 Å². The molecule has 1 saturated heterocycles. The van der Waals surface area contributed by atoms with Crippen molar-refractivity contribution < 1.29 is 19.4 Å². The Morgan fingerprint density at radius 3 is 2.72 bits per heavy atom. The van der Waals surface area contributed by atoms with Crippen LogP contribution in [0.3, 0.4) is 0 Å². The number of aromatic hydroxyl groups is 1. The number of phenolic OH excluding ortho intramolecular Hbond substituents is 1. The molecule has 6 nitrogen and oxygen atoms in total. The Morgan fingerprint density at radius 2 is 2.00 bits per heavy atom. The van der Waals surface area contributed by atoms with E-state index in [2.05, 4.69) is 15.0 Å². The number of hydrogen-bond donors (Lipinski definition) is 2. The molecule has 2 N–H and O–H groups in total. The molecule has 25 heavy (non-hydrogen) atoms. The second-order valence-electron chi connectivity index (χ2n) is 5.09. The normalized spacial score (nSPS) is 16.9. The first kappa shape index (κ1) is 16.8. The molecule has 0 aliphatic carbocycles. The fourth-order valence-corrected chi connectivity index (χ4v) is 3.01. The molecule has 0 saturated carbocycles. The molecule has 1 fully saturated rings. The number of thioether (sulfide) groups is 1. The van der Waals surface area contributed by atoms with Gasteiger partial charge >= 0.3 is 5.97 Å². The number of nitrogens with zero attached hydrogens (tertiary/aromatic N) is 1. The smallest absolute Gasteiger partial charge is 0.341 e. The summed E-state index contributed by atoms with van der Waals surface area (Å²) in [5, 5.41) is 12.8. The largest absolute Gasteiger partial charge is 0.507 e. The van der Waals surface area contributed by atoms with Gasteiger partial charge in [-0.25, -0.2) is 9.79 Å². The van der Waals surface area contributed by atoms with E-state index in [4.69, 9.17) is 0 Å². The third-order valence-corrected chi connectivity index (χ3v) is 4.27. The van der Waals surface area contributed by atoms with Gasteiger partial charge in [0.25, 0.3) is 5.91 Å². The lowest BCUT2D eigenvalue weighted by Crippen LogP contribution is -2.19. The van der Waals surface area contributed by atoms with Crippen molar-refractivity contribution in [3.63, 3.8) is 0 Å². The van der Waals surface area contributed by atoms with Crippen molar-refractivity contribution in [2.45, 2.75) is 0 Å². The van der Waals surface area contributed by atoms with Crippen LogP contribution >= 0.6 is 11.8 Å².